The van der Waals surface area contributed by atoms with Gasteiger partial charge in [-0.15, -0.1) is 0 Å². The summed E-state index contributed by atoms with van der Waals surface area (Å²) in [7, 11) is 2.02. The van der Waals surface area contributed by atoms with E-state index in [0.717, 1.165) is 43.5 Å². The van der Waals surface area contributed by atoms with Gasteiger partial charge in [0.15, 0.2) is 11.6 Å². The fourth-order valence-corrected chi connectivity index (χ4v) is 3.82. The summed E-state index contributed by atoms with van der Waals surface area (Å²) in [6, 6.07) is 0.535. The first-order valence-corrected chi connectivity index (χ1v) is 7.98. The van der Waals surface area contributed by atoms with Crippen LogP contribution in [0.15, 0.2) is 6.33 Å². The number of likely N-dealkylation sites (N-methyl/N-ethyl adjacent to an activating group) is 1. The van der Waals surface area contributed by atoms with Crippen LogP contribution < -0.4 is 20.3 Å². The zero-order valence-corrected chi connectivity index (χ0v) is 12.6. The molecule has 6 heteroatoms. The summed E-state index contributed by atoms with van der Waals surface area (Å²) >= 11 is 0. The van der Waals surface area contributed by atoms with Gasteiger partial charge in [-0.2, -0.15) is 0 Å². The summed E-state index contributed by atoms with van der Waals surface area (Å²) in [6.07, 6.45) is 7.71. The molecule has 1 saturated heterocycles. The monoisotopic (exact) mass is 289 g/mol. The summed E-state index contributed by atoms with van der Waals surface area (Å²) < 4.78 is 6.12. The van der Waals surface area contributed by atoms with Crippen LogP contribution in [-0.2, 0) is 0 Å². The van der Waals surface area contributed by atoms with Crippen LogP contribution in [-0.4, -0.2) is 48.3 Å². The largest absolute Gasteiger partial charge is 0.484 e. The molecular formula is C15H23N5O. The number of nitrogens with one attached hydrogen (secondary N) is 2. The highest BCUT2D eigenvalue weighted by atomic mass is 16.5. The summed E-state index contributed by atoms with van der Waals surface area (Å²) in [5.41, 5.74) is 0.108. The van der Waals surface area contributed by atoms with Crippen molar-refractivity contribution in [2.75, 3.05) is 37.0 Å². The molecular weight excluding hydrogens is 266 g/mol. The van der Waals surface area contributed by atoms with Gasteiger partial charge in [0.05, 0.1) is 5.54 Å². The van der Waals surface area contributed by atoms with E-state index in [9.17, 15) is 0 Å². The molecule has 1 saturated carbocycles. The standard InChI is InChI=1S/C15H23N5O/c1-16-11-4-7-20(8-11)14-12-13(17-10-18-14)19-15(9-21-12)5-2-3-6-15/h10-11,16H,2-9H2,1H3,(H,17,18,19)/t11-/m1/s1. The number of anilines is 2. The Labute approximate surface area is 125 Å². The van der Waals surface area contributed by atoms with Crippen LogP contribution in [0.3, 0.4) is 0 Å². The number of aromatic nitrogens is 2. The molecule has 114 valence electrons. The Balaban J connectivity index is 1.60. The number of hydrogen-bond donors (Lipinski definition) is 2. The maximum absolute atomic E-state index is 6.12. The predicted octanol–water partition coefficient (Wildman–Crippen LogP) is 1.39. The Bertz CT molecular complexity index is 529. The topological polar surface area (TPSA) is 62.3 Å². The third kappa shape index (κ3) is 2.21. The summed E-state index contributed by atoms with van der Waals surface area (Å²) in [5.74, 6) is 2.66. The SMILES string of the molecule is CN[C@@H]1CCN(c2ncnc3c2OCC2(CCCC2)N3)C1. The lowest BCUT2D eigenvalue weighted by atomic mass is 9.97. The Kier molecular flexibility index (Phi) is 3.14. The van der Waals surface area contributed by atoms with Gasteiger partial charge in [-0.25, -0.2) is 9.97 Å². The third-order valence-electron chi connectivity index (χ3n) is 5.12. The molecule has 1 atom stereocenters. The van der Waals surface area contributed by atoms with E-state index in [1.165, 1.54) is 25.7 Å². The lowest BCUT2D eigenvalue weighted by Crippen LogP contribution is -2.45. The van der Waals surface area contributed by atoms with Gasteiger partial charge in [0, 0.05) is 19.1 Å². The van der Waals surface area contributed by atoms with Crippen molar-refractivity contribution in [3.8, 4) is 5.75 Å². The van der Waals surface area contributed by atoms with Crippen molar-refractivity contribution in [3.05, 3.63) is 6.33 Å². The summed E-state index contributed by atoms with van der Waals surface area (Å²) in [6.45, 7) is 2.74. The minimum atomic E-state index is 0.108. The summed E-state index contributed by atoms with van der Waals surface area (Å²) in [4.78, 5) is 11.2. The fraction of sp³-hybridized carbons (Fsp3) is 0.733. The molecule has 0 radical (unpaired) electrons. The first kappa shape index (κ1) is 13.1. The van der Waals surface area contributed by atoms with Crippen molar-refractivity contribution in [1.29, 1.82) is 0 Å². The number of ether oxygens (including phenoxy) is 1. The molecule has 6 nitrogen and oxygen atoms in total. The first-order valence-electron chi connectivity index (χ1n) is 7.98. The number of fused-ring (bicyclic) bond motifs is 1. The second-order valence-electron chi connectivity index (χ2n) is 6.50. The van der Waals surface area contributed by atoms with Gasteiger partial charge in [0.2, 0.25) is 5.75 Å². The molecule has 0 aromatic carbocycles. The van der Waals surface area contributed by atoms with Crippen molar-refractivity contribution in [2.24, 2.45) is 0 Å². The molecule has 2 fully saturated rings. The van der Waals surface area contributed by atoms with Crippen LogP contribution in [0.2, 0.25) is 0 Å². The van der Waals surface area contributed by atoms with Gasteiger partial charge in [0.1, 0.15) is 12.9 Å². The minimum absolute atomic E-state index is 0.108. The van der Waals surface area contributed by atoms with Crippen LogP contribution in [0.4, 0.5) is 11.6 Å². The van der Waals surface area contributed by atoms with Crippen LogP contribution in [0, 0.1) is 0 Å². The minimum Gasteiger partial charge on any atom is -0.484 e. The fourth-order valence-electron chi connectivity index (χ4n) is 3.82. The highest BCUT2D eigenvalue weighted by molar-refractivity contribution is 5.67. The van der Waals surface area contributed by atoms with Crippen molar-refractivity contribution in [2.45, 2.75) is 43.7 Å². The molecule has 0 bridgehead atoms. The van der Waals surface area contributed by atoms with Gasteiger partial charge < -0.3 is 20.3 Å². The van der Waals surface area contributed by atoms with Gasteiger partial charge >= 0.3 is 0 Å². The Morgan fingerprint density at radius 3 is 3.00 bits per heavy atom. The third-order valence-corrected chi connectivity index (χ3v) is 5.12. The first-order chi connectivity index (χ1) is 10.3. The lowest BCUT2D eigenvalue weighted by molar-refractivity contribution is 0.219. The lowest BCUT2D eigenvalue weighted by Gasteiger charge is -2.37. The molecule has 3 aliphatic rings. The maximum Gasteiger partial charge on any atom is 0.204 e. The van der Waals surface area contributed by atoms with E-state index in [4.69, 9.17) is 4.74 Å². The van der Waals surface area contributed by atoms with E-state index >= 15 is 0 Å². The summed E-state index contributed by atoms with van der Waals surface area (Å²) in [5, 5.41) is 6.98. The molecule has 1 aliphatic carbocycles. The van der Waals surface area contributed by atoms with Gasteiger partial charge in [-0.3, -0.25) is 0 Å². The van der Waals surface area contributed by atoms with Crippen LogP contribution in [0.25, 0.3) is 0 Å². The highest BCUT2D eigenvalue weighted by Gasteiger charge is 2.40. The van der Waals surface area contributed by atoms with Crippen molar-refractivity contribution < 1.29 is 4.74 Å². The Morgan fingerprint density at radius 1 is 1.38 bits per heavy atom. The molecule has 0 unspecified atom stereocenters. The predicted molar refractivity (Wildman–Crippen MR) is 82.0 cm³/mol. The highest BCUT2D eigenvalue weighted by Crippen LogP contribution is 2.43. The van der Waals surface area contributed by atoms with E-state index in [1.54, 1.807) is 6.33 Å². The van der Waals surface area contributed by atoms with Gasteiger partial charge in [-0.05, 0) is 26.3 Å². The normalized spacial score (nSPS) is 26.5. The van der Waals surface area contributed by atoms with Crippen molar-refractivity contribution >= 4 is 11.6 Å². The van der Waals surface area contributed by atoms with Gasteiger partial charge in [-0.1, -0.05) is 12.8 Å². The molecule has 2 aliphatic heterocycles. The quantitative estimate of drug-likeness (QED) is 0.858. The molecule has 0 amide bonds. The average molecular weight is 289 g/mol. The molecule has 4 rings (SSSR count). The molecule has 1 aromatic heterocycles. The van der Waals surface area contributed by atoms with Crippen LogP contribution in [0.5, 0.6) is 5.75 Å². The smallest absolute Gasteiger partial charge is 0.204 e. The maximum atomic E-state index is 6.12. The van der Waals surface area contributed by atoms with E-state index in [0.29, 0.717) is 6.04 Å². The van der Waals surface area contributed by atoms with Crippen molar-refractivity contribution in [3.63, 3.8) is 0 Å². The molecule has 21 heavy (non-hydrogen) atoms. The van der Waals surface area contributed by atoms with E-state index < -0.39 is 0 Å². The second-order valence-corrected chi connectivity index (χ2v) is 6.50. The second kappa shape index (κ2) is 5.02. The van der Waals surface area contributed by atoms with Crippen LogP contribution >= 0.6 is 0 Å². The molecule has 3 heterocycles. The number of nitrogens with zero attached hydrogens (tertiary/aromatic N) is 3. The number of rotatable bonds is 2. The zero-order valence-electron chi connectivity index (χ0n) is 12.6. The van der Waals surface area contributed by atoms with Crippen molar-refractivity contribution in [1.82, 2.24) is 15.3 Å². The zero-order chi connectivity index (χ0) is 14.3. The number of hydrogen-bond acceptors (Lipinski definition) is 6. The molecule has 1 spiro atoms. The Hall–Kier alpha value is -1.56. The molecule has 2 N–H and O–H groups in total. The Morgan fingerprint density at radius 2 is 2.24 bits per heavy atom. The molecule has 1 aromatic rings. The van der Waals surface area contributed by atoms with E-state index in [1.807, 2.05) is 7.05 Å². The van der Waals surface area contributed by atoms with E-state index in [2.05, 4.69) is 25.5 Å². The van der Waals surface area contributed by atoms with Gasteiger partial charge in [0.25, 0.3) is 0 Å². The van der Waals surface area contributed by atoms with E-state index in [-0.39, 0.29) is 5.54 Å². The van der Waals surface area contributed by atoms with Crippen LogP contribution in [0.1, 0.15) is 32.1 Å². The average Bonchev–Trinajstić information content (AvgIpc) is 3.16.